The van der Waals surface area contributed by atoms with Gasteiger partial charge < -0.3 is 9.47 Å². The van der Waals surface area contributed by atoms with Crippen LogP contribution in [0, 0.1) is 0 Å². The second-order valence-corrected chi connectivity index (χ2v) is 6.32. The van der Waals surface area contributed by atoms with Gasteiger partial charge in [-0.3, -0.25) is 0 Å². The Bertz CT molecular complexity index is 1160. The quantitative estimate of drug-likeness (QED) is 0.470. The molecular weight excluding hydrogens is 366 g/mol. The molecule has 0 radical (unpaired) electrons. The van der Waals surface area contributed by atoms with Gasteiger partial charge in [-0.1, -0.05) is 42.5 Å². The van der Waals surface area contributed by atoms with Crippen LogP contribution in [0.1, 0.15) is 17.4 Å². The molecule has 6 nitrogen and oxygen atoms in total. The minimum Gasteiger partial charge on any atom is -0.497 e. The summed E-state index contributed by atoms with van der Waals surface area (Å²) in [5.41, 5.74) is 3.28. The molecule has 29 heavy (non-hydrogen) atoms. The smallest absolute Gasteiger partial charge is 0.357 e. The largest absolute Gasteiger partial charge is 0.497 e. The van der Waals surface area contributed by atoms with Crippen molar-refractivity contribution in [2.75, 3.05) is 13.7 Å². The van der Waals surface area contributed by atoms with Gasteiger partial charge in [0.2, 0.25) is 0 Å². The van der Waals surface area contributed by atoms with E-state index in [2.05, 4.69) is 10.2 Å². The van der Waals surface area contributed by atoms with Gasteiger partial charge in [0.25, 0.3) is 0 Å². The lowest BCUT2D eigenvalue weighted by atomic mass is 9.95. The number of carbonyl (C=O) groups excluding carboxylic acids is 1. The monoisotopic (exact) mass is 385 g/mol. The maximum Gasteiger partial charge on any atom is 0.357 e. The number of carbonyl (C=O) groups is 1. The second-order valence-electron chi connectivity index (χ2n) is 6.32. The van der Waals surface area contributed by atoms with Crippen molar-refractivity contribution in [3.05, 3.63) is 72.7 Å². The van der Waals surface area contributed by atoms with Gasteiger partial charge in [0.05, 0.1) is 31.8 Å². The summed E-state index contributed by atoms with van der Waals surface area (Å²) in [6.45, 7) is 2.03. The third kappa shape index (κ3) is 3.52. The highest BCUT2D eigenvalue weighted by Crippen LogP contribution is 2.36. The van der Waals surface area contributed by atoms with Crippen molar-refractivity contribution in [2.24, 2.45) is 0 Å². The van der Waals surface area contributed by atoms with Crippen LogP contribution in [-0.2, 0) is 4.74 Å². The first kappa shape index (κ1) is 18.6. The predicted octanol–water partition coefficient (Wildman–Crippen LogP) is 4.54. The Kier molecular flexibility index (Phi) is 5.16. The fourth-order valence-electron chi connectivity index (χ4n) is 3.28. The van der Waals surface area contributed by atoms with E-state index in [0.717, 1.165) is 27.6 Å². The first-order valence-corrected chi connectivity index (χ1v) is 9.24. The van der Waals surface area contributed by atoms with Crippen molar-refractivity contribution >= 4 is 16.7 Å². The summed E-state index contributed by atoms with van der Waals surface area (Å²) in [7, 11) is 1.61. The highest BCUT2D eigenvalue weighted by Gasteiger charge is 2.22. The number of nitrogens with zero attached hydrogens (tertiary/aromatic N) is 3. The maximum atomic E-state index is 12.8. The molecule has 2 aromatic heterocycles. The summed E-state index contributed by atoms with van der Waals surface area (Å²) >= 11 is 0. The molecule has 0 unspecified atom stereocenters. The van der Waals surface area contributed by atoms with E-state index >= 15 is 0 Å². The molecule has 0 bridgehead atoms. The molecule has 0 fully saturated rings. The lowest BCUT2D eigenvalue weighted by molar-refractivity contribution is 0.0521. The van der Waals surface area contributed by atoms with Crippen LogP contribution in [0.4, 0.5) is 0 Å². The van der Waals surface area contributed by atoms with Gasteiger partial charge in [-0.15, -0.1) is 0 Å². The number of hydrogen-bond donors (Lipinski definition) is 0. The number of ether oxygens (including phenoxy) is 2. The van der Waals surface area contributed by atoms with Crippen molar-refractivity contribution in [2.45, 2.75) is 6.92 Å². The van der Waals surface area contributed by atoms with Gasteiger partial charge in [-0.25, -0.2) is 9.78 Å². The van der Waals surface area contributed by atoms with Crippen LogP contribution in [-0.4, -0.2) is 34.9 Å². The van der Waals surface area contributed by atoms with E-state index in [4.69, 9.17) is 14.5 Å². The lowest BCUT2D eigenvalue weighted by Crippen LogP contribution is -2.11. The Labute approximate surface area is 168 Å². The van der Waals surface area contributed by atoms with Crippen molar-refractivity contribution < 1.29 is 14.3 Å². The Balaban J connectivity index is 2.05. The molecule has 0 saturated heterocycles. The standard InChI is InChI=1S/C23H19N3O3/c1-3-29-23(27)22-20(15-9-11-17(28-2)12-10-15)18-13-24-25-14-19(18)21(26-22)16-7-5-4-6-8-16/h4-14H,3H2,1-2H3. The zero-order chi connectivity index (χ0) is 20.2. The summed E-state index contributed by atoms with van der Waals surface area (Å²) in [4.78, 5) is 17.6. The molecule has 0 N–H and O–H groups in total. The van der Waals surface area contributed by atoms with Gasteiger partial charge in [0.15, 0.2) is 5.69 Å². The number of aromatic nitrogens is 3. The van der Waals surface area contributed by atoms with Crippen LogP contribution < -0.4 is 4.74 Å². The Hall–Kier alpha value is -3.80. The average molecular weight is 385 g/mol. The molecule has 0 spiro atoms. The first-order chi connectivity index (χ1) is 14.2. The van der Waals surface area contributed by atoms with Gasteiger partial charge in [0, 0.05) is 21.9 Å². The molecule has 0 saturated carbocycles. The maximum absolute atomic E-state index is 12.8. The van der Waals surface area contributed by atoms with E-state index in [9.17, 15) is 4.79 Å². The number of esters is 1. The molecule has 0 aliphatic carbocycles. The third-order valence-corrected chi connectivity index (χ3v) is 4.61. The van der Waals surface area contributed by atoms with Gasteiger partial charge >= 0.3 is 5.97 Å². The van der Waals surface area contributed by atoms with Crippen molar-refractivity contribution in [3.8, 4) is 28.1 Å². The van der Waals surface area contributed by atoms with Crippen molar-refractivity contribution in [1.82, 2.24) is 15.2 Å². The summed E-state index contributed by atoms with van der Waals surface area (Å²) in [5.74, 6) is 0.249. The normalized spacial score (nSPS) is 10.7. The number of methoxy groups -OCH3 is 1. The van der Waals surface area contributed by atoms with Gasteiger partial charge in [-0.05, 0) is 24.6 Å². The predicted molar refractivity (Wildman–Crippen MR) is 111 cm³/mol. The van der Waals surface area contributed by atoms with Crippen LogP contribution in [0.3, 0.4) is 0 Å². The van der Waals surface area contributed by atoms with E-state index in [1.165, 1.54) is 0 Å². The molecule has 0 atom stereocenters. The van der Waals surface area contributed by atoms with Crippen LogP contribution in [0.2, 0.25) is 0 Å². The van der Waals surface area contributed by atoms with E-state index < -0.39 is 5.97 Å². The number of benzene rings is 2. The molecule has 2 aromatic carbocycles. The number of rotatable bonds is 5. The topological polar surface area (TPSA) is 74.2 Å². The van der Waals surface area contributed by atoms with E-state index in [1.54, 1.807) is 26.4 Å². The van der Waals surface area contributed by atoms with Gasteiger partial charge in [0.1, 0.15) is 5.75 Å². The summed E-state index contributed by atoms with van der Waals surface area (Å²) in [5, 5.41) is 9.70. The van der Waals surface area contributed by atoms with Crippen LogP contribution in [0.15, 0.2) is 67.0 Å². The second kappa shape index (κ2) is 8.06. The van der Waals surface area contributed by atoms with Crippen LogP contribution >= 0.6 is 0 Å². The lowest BCUT2D eigenvalue weighted by Gasteiger charge is -2.15. The third-order valence-electron chi connectivity index (χ3n) is 4.61. The Morgan fingerprint density at radius 3 is 2.24 bits per heavy atom. The molecule has 0 aliphatic heterocycles. The number of pyridine rings is 1. The molecule has 6 heteroatoms. The SMILES string of the molecule is CCOC(=O)c1nc(-c2ccccc2)c2cnncc2c1-c1ccc(OC)cc1. The van der Waals surface area contributed by atoms with E-state index in [1.807, 2.05) is 54.6 Å². The molecule has 2 heterocycles. The molecule has 144 valence electrons. The number of fused-ring (bicyclic) bond motifs is 1. The Morgan fingerprint density at radius 2 is 1.59 bits per heavy atom. The molecule has 4 rings (SSSR count). The van der Waals surface area contributed by atoms with Crippen LogP contribution in [0.25, 0.3) is 33.2 Å². The van der Waals surface area contributed by atoms with Gasteiger partial charge in [-0.2, -0.15) is 10.2 Å². The summed E-state index contributed by atoms with van der Waals surface area (Å²) in [6, 6.07) is 17.2. The summed E-state index contributed by atoms with van der Waals surface area (Å²) < 4.78 is 10.6. The highest BCUT2D eigenvalue weighted by atomic mass is 16.5. The van der Waals surface area contributed by atoms with Crippen molar-refractivity contribution in [1.29, 1.82) is 0 Å². The average Bonchev–Trinajstić information content (AvgIpc) is 2.79. The zero-order valence-electron chi connectivity index (χ0n) is 16.1. The van der Waals surface area contributed by atoms with E-state index in [-0.39, 0.29) is 12.3 Å². The first-order valence-electron chi connectivity index (χ1n) is 9.24. The fraction of sp³-hybridized carbons (Fsp3) is 0.130. The van der Waals surface area contributed by atoms with Crippen LogP contribution in [0.5, 0.6) is 5.75 Å². The minimum absolute atomic E-state index is 0.247. The van der Waals surface area contributed by atoms with Crippen molar-refractivity contribution in [3.63, 3.8) is 0 Å². The highest BCUT2D eigenvalue weighted by molar-refractivity contribution is 6.10. The summed E-state index contributed by atoms with van der Waals surface area (Å²) in [6.07, 6.45) is 3.33. The zero-order valence-corrected chi connectivity index (χ0v) is 16.1. The number of hydrogen-bond acceptors (Lipinski definition) is 6. The fourth-order valence-corrected chi connectivity index (χ4v) is 3.28. The van der Waals surface area contributed by atoms with E-state index in [0.29, 0.717) is 11.3 Å². The minimum atomic E-state index is -0.478. The molecular formula is C23H19N3O3. The molecule has 4 aromatic rings. The molecule has 0 amide bonds. The molecule has 0 aliphatic rings. The Morgan fingerprint density at radius 1 is 0.897 bits per heavy atom.